The molecule has 0 aromatic carbocycles. The van der Waals surface area contributed by atoms with E-state index < -0.39 is 0 Å². The zero-order valence-corrected chi connectivity index (χ0v) is 22.5. The first-order valence-corrected chi connectivity index (χ1v) is 14.4. The fraction of sp³-hybridized carbons (Fsp3) is 1.00. The first-order chi connectivity index (χ1) is 17.6. The molecule has 8 heteroatoms. The molecule has 0 aliphatic heterocycles. The lowest BCUT2D eigenvalue weighted by molar-refractivity contribution is -0.000979. The van der Waals surface area contributed by atoms with Gasteiger partial charge in [0, 0.05) is 43.9 Å². The number of aliphatic hydroxyl groups is 6. The van der Waals surface area contributed by atoms with E-state index in [-0.39, 0.29) is 30.7 Å². The zero-order valence-electron chi connectivity index (χ0n) is 22.5. The Hall–Kier alpha value is -0.320. The summed E-state index contributed by atoms with van der Waals surface area (Å²) >= 11 is 0. The summed E-state index contributed by atoms with van der Waals surface area (Å²) in [5, 5.41) is 52.7. The lowest BCUT2D eigenvalue weighted by atomic mass is 9.80. The lowest BCUT2D eigenvalue weighted by Gasteiger charge is -2.31. The third-order valence-electron chi connectivity index (χ3n) is 8.22. The fourth-order valence-electron chi connectivity index (χ4n) is 5.68. The minimum atomic E-state index is 0. The second kappa shape index (κ2) is 22.6. The molecular formula is C28H62O8. The minimum absolute atomic E-state index is 0. The molecule has 4 unspecified atom stereocenters. The standard InChI is InChI=1S/C12H24O4.2C8H16O2.3H2/c13-5-7-15-9-11-3-1-2-4-12(11)10-16-8-6-14;9-5-7-1-2-8(6-10)4-3-7;9-5-7-3-1-2-4-8(7)6-10;;;/h11-14H,1-10H2;2*7-10H,1-6H2;3*1H. The summed E-state index contributed by atoms with van der Waals surface area (Å²) in [5.41, 5.74) is 0. The van der Waals surface area contributed by atoms with Crippen molar-refractivity contribution in [3.63, 3.8) is 0 Å². The Kier molecular flexibility index (Phi) is 21.2. The first-order valence-electron chi connectivity index (χ1n) is 14.4. The van der Waals surface area contributed by atoms with Gasteiger partial charge in [0.05, 0.1) is 26.4 Å². The van der Waals surface area contributed by atoms with Crippen LogP contribution >= 0.6 is 0 Å². The van der Waals surface area contributed by atoms with Gasteiger partial charge in [0.25, 0.3) is 0 Å². The van der Waals surface area contributed by atoms with Crippen LogP contribution in [-0.4, -0.2) is 96.7 Å². The smallest absolute Gasteiger partial charge is 0.0697 e. The summed E-state index contributed by atoms with van der Waals surface area (Å²) < 4.78 is 10.8. The Morgan fingerprint density at radius 3 is 1.06 bits per heavy atom. The number of rotatable bonds is 12. The van der Waals surface area contributed by atoms with Gasteiger partial charge >= 0.3 is 0 Å². The summed E-state index contributed by atoms with van der Waals surface area (Å²) in [5.74, 6) is 2.89. The van der Waals surface area contributed by atoms with Gasteiger partial charge in [-0.15, -0.1) is 0 Å². The normalized spacial score (nSPS) is 30.5. The lowest BCUT2D eigenvalue weighted by Crippen LogP contribution is -2.28. The number of aliphatic hydroxyl groups excluding tert-OH is 6. The summed E-state index contributed by atoms with van der Waals surface area (Å²) in [7, 11) is 0. The van der Waals surface area contributed by atoms with Crippen LogP contribution in [0.4, 0.5) is 0 Å². The van der Waals surface area contributed by atoms with Crippen molar-refractivity contribution in [1.82, 2.24) is 0 Å². The van der Waals surface area contributed by atoms with Crippen molar-refractivity contribution in [2.24, 2.45) is 35.5 Å². The third-order valence-corrected chi connectivity index (χ3v) is 8.22. The van der Waals surface area contributed by atoms with Crippen LogP contribution in [-0.2, 0) is 9.47 Å². The predicted molar refractivity (Wildman–Crippen MR) is 147 cm³/mol. The average molecular weight is 527 g/mol. The van der Waals surface area contributed by atoms with Crippen molar-refractivity contribution < 1.29 is 44.4 Å². The molecule has 0 amide bonds. The van der Waals surface area contributed by atoms with Crippen LogP contribution in [0.15, 0.2) is 0 Å². The molecule has 222 valence electrons. The molecule has 3 fully saturated rings. The van der Waals surface area contributed by atoms with E-state index in [0.29, 0.717) is 61.9 Å². The van der Waals surface area contributed by atoms with Crippen molar-refractivity contribution in [2.75, 3.05) is 66.1 Å². The molecular weight excluding hydrogens is 464 g/mol. The number of ether oxygens (including phenoxy) is 2. The molecule has 0 saturated heterocycles. The number of hydrogen-bond donors (Lipinski definition) is 6. The second-order valence-corrected chi connectivity index (χ2v) is 10.8. The summed E-state index contributed by atoms with van der Waals surface area (Å²) in [6.07, 6.45) is 14.0. The molecule has 8 nitrogen and oxygen atoms in total. The Morgan fingerprint density at radius 2 is 0.778 bits per heavy atom. The zero-order chi connectivity index (χ0) is 26.4. The highest BCUT2D eigenvalue weighted by molar-refractivity contribution is 4.75. The van der Waals surface area contributed by atoms with E-state index in [1.807, 2.05) is 0 Å². The minimum Gasteiger partial charge on any atom is -0.396 e. The topological polar surface area (TPSA) is 140 Å². The molecule has 3 aliphatic carbocycles. The van der Waals surface area contributed by atoms with Crippen LogP contribution in [0.1, 0.15) is 81.3 Å². The van der Waals surface area contributed by atoms with Crippen LogP contribution in [0.2, 0.25) is 0 Å². The molecule has 0 bridgehead atoms. The van der Waals surface area contributed by atoms with E-state index >= 15 is 0 Å². The monoisotopic (exact) mass is 526 g/mol. The highest BCUT2D eigenvalue weighted by Crippen LogP contribution is 2.31. The van der Waals surface area contributed by atoms with Gasteiger partial charge in [-0.2, -0.15) is 0 Å². The van der Waals surface area contributed by atoms with Gasteiger partial charge in [-0.3, -0.25) is 0 Å². The van der Waals surface area contributed by atoms with Gasteiger partial charge in [-0.1, -0.05) is 25.7 Å². The van der Waals surface area contributed by atoms with E-state index in [4.69, 9.17) is 40.1 Å². The Labute approximate surface area is 223 Å². The molecule has 0 spiro atoms. The highest BCUT2D eigenvalue weighted by atomic mass is 16.5. The summed E-state index contributed by atoms with van der Waals surface area (Å²) in [6, 6.07) is 0. The van der Waals surface area contributed by atoms with E-state index in [1.54, 1.807) is 0 Å². The van der Waals surface area contributed by atoms with Crippen molar-refractivity contribution in [3.05, 3.63) is 0 Å². The van der Waals surface area contributed by atoms with Crippen LogP contribution in [0.3, 0.4) is 0 Å². The van der Waals surface area contributed by atoms with Crippen LogP contribution in [0.5, 0.6) is 0 Å². The molecule has 3 saturated carbocycles. The molecule has 0 radical (unpaired) electrons. The molecule has 0 aromatic heterocycles. The van der Waals surface area contributed by atoms with Crippen LogP contribution in [0.25, 0.3) is 0 Å². The maximum atomic E-state index is 8.88. The van der Waals surface area contributed by atoms with Gasteiger partial charge in [-0.25, -0.2) is 0 Å². The maximum absolute atomic E-state index is 8.88. The quantitative estimate of drug-likeness (QED) is 0.213. The molecule has 0 aromatic rings. The summed E-state index contributed by atoms with van der Waals surface area (Å²) in [6.45, 7) is 3.69. The molecule has 6 N–H and O–H groups in total. The third kappa shape index (κ3) is 14.6. The first kappa shape index (κ1) is 33.7. The van der Waals surface area contributed by atoms with E-state index in [9.17, 15) is 0 Å². The van der Waals surface area contributed by atoms with E-state index in [2.05, 4.69) is 0 Å². The number of hydrogen-bond acceptors (Lipinski definition) is 8. The Morgan fingerprint density at radius 1 is 0.444 bits per heavy atom. The van der Waals surface area contributed by atoms with Gasteiger partial charge in [0.15, 0.2) is 0 Å². The average Bonchev–Trinajstić information content (AvgIpc) is 2.94. The highest BCUT2D eigenvalue weighted by Gasteiger charge is 2.25. The fourth-order valence-corrected chi connectivity index (χ4v) is 5.68. The van der Waals surface area contributed by atoms with E-state index in [0.717, 1.165) is 51.7 Å². The van der Waals surface area contributed by atoms with Crippen molar-refractivity contribution in [1.29, 1.82) is 0 Å². The van der Waals surface area contributed by atoms with Gasteiger partial charge in [0.2, 0.25) is 0 Å². The van der Waals surface area contributed by atoms with Gasteiger partial charge < -0.3 is 40.1 Å². The van der Waals surface area contributed by atoms with Crippen molar-refractivity contribution >= 4 is 0 Å². The van der Waals surface area contributed by atoms with Gasteiger partial charge in [0.1, 0.15) is 0 Å². The van der Waals surface area contributed by atoms with Crippen molar-refractivity contribution in [3.8, 4) is 0 Å². The largest absolute Gasteiger partial charge is 0.396 e. The Balaban J connectivity index is -0.000000499. The Bertz CT molecular complexity index is 446. The predicted octanol–water partition coefficient (Wildman–Crippen LogP) is 3.10. The molecule has 36 heavy (non-hydrogen) atoms. The second-order valence-electron chi connectivity index (χ2n) is 10.8. The van der Waals surface area contributed by atoms with Crippen LogP contribution < -0.4 is 0 Å². The summed E-state index contributed by atoms with van der Waals surface area (Å²) in [4.78, 5) is 0. The van der Waals surface area contributed by atoms with Gasteiger partial charge in [-0.05, 0) is 86.9 Å². The van der Waals surface area contributed by atoms with E-state index in [1.165, 1.54) is 38.5 Å². The maximum Gasteiger partial charge on any atom is 0.0697 e. The van der Waals surface area contributed by atoms with Crippen molar-refractivity contribution in [2.45, 2.75) is 77.0 Å². The van der Waals surface area contributed by atoms with Crippen LogP contribution in [0, 0.1) is 35.5 Å². The molecule has 3 aliphatic rings. The SMILES string of the molecule is OCC1CCC(CO)CC1.OCC1CCCCC1CO.OCCOCC1CCCCC1COCCO.[HH].[HH].[HH]. The molecule has 3 rings (SSSR count). The molecule has 4 atom stereocenters. The molecule has 0 heterocycles.